The summed E-state index contributed by atoms with van der Waals surface area (Å²) < 4.78 is 5.56. The molecular weight excluding hydrogens is 276 g/mol. The predicted molar refractivity (Wildman–Crippen MR) is 83.6 cm³/mol. The van der Waals surface area contributed by atoms with Crippen LogP contribution in [0.5, 0.6) is 5.75 Å². The number of ether oxygens (including phenoxy) is 1. The third-order valence-electron chi connectivity index (χ3n) is 5.57. The summed E-state index contributed by atoms with van der Waals surface area (Å²) in [6, 6.07) is 10.6. The second-order valence-corrected chi connectivity index (χ2v) is 6.67. The van der Waals surface area contributed by atoms with Crippen molar-refractivity contribution in [3.8, 4) is 11.8 Å². The van der Waals surface area contributed by atoms with Crippen LogP contribution in [0.2, 0.25) is 0 Å². The Bertz CT molecular complexity index is 568. The lowest BCUT2D eigenvalue weighted by molar-refractivity contribution is -0.938. The number of quaternary nitrogens is 1. The van der Waals surface area contributed by atoms with Crippen LogP contribution in [0.15, 0.2) is 24.3 Å². The zero-order chi connectivity index (χ0) is 15.6. The first kappa shape index (κ1) is 15.3. The number of nitrogens with one attached hydrogen (secondary N) is 1. The maximum absolute atomic E-state index is 11.1. The monoisotopic (exact) mass is 301 g/mol. The normalized spacial score (nSPS) is 34.5. The molecule has 0 radical (unpaired) electrons. The fourth-order valence-electron chi connectivity index (χ4n) is 4.51. The molecule has 1 saturated carbocycles. The van der Waals surface area contributed by atoms with Crippen molar-refractivity contribution in [3.05, 3.63) is 29.8 Å². The molecule has 2 aliphatic rings. The SMILES string of the molecule is COc1ccccc1[C@H]1[C@@H]2CCCC[C@]2(O)CC[NH+]1CC#N. The number of methoxy groups -OCH3 is 1. The molecule has 3 rings (SSSR count). The van der Waals surface area contributed by atoms with Gasteiger partial charge in [0, 0.05) is 12.3 Å². The minimum Gasteiger partial charge on any atom is -0.496 e. The van der Waals surface area contributed by atoms with Crippen molar-refractivity contribution < 1.29 is 14.7 Å². The Labute approximate surface area is 132 Å². The zero-order valence-electron chi connectivity index (χ0n) is 13.2. The lowest BCUT2D eigenvalue weighted by atomic mass is 9.66. The lowest BCUT2D eigenvalue weighted by Gasteiger charge is -2.49. The van der Waals surface area contributed by atoms with Crippen LogP contribution in [0.1, 0.15) is 43.7 Å². The quantitative estimate of drug-likeness (QED) is 0.831. The molecule has 1 unspecified atom stereocenters. The molecule has 1 aliphatic heterocycles. The molecule has 0 spiro atoms. The van der Waals surface area contributed by atoms with Crippen molar-refractivity contribution in [1.29, 1.82) is 5.26 Å². The van der Waals surface area contributed by atoms with Gasteiger partial charge >= 0.3 is 0 Å². The molecule has 0 bridgehead atoms. The van der Waals surface area contributed by atoms with Crippen LogP contribution in [0.25, 0.3) is 0 Å². The van der Waals surface area contributed by atoms with Crippen LogP contribution in [-0.2, 0) is 0 Å². The van der Waals surface area contributed by atoms with Gasteiger partial charge < -0.3 is 14.7 Å². The summed E-state index contributed by atoms with van der Waals surface area (Å²) in [5.74, 6) is 1.09. The summed E-state index contributed by atoms with van der Waals surface area (Å²) in [5, 5.41) is 20.3. The van der Waals surface area contributed by atoms with Crippen molar-refractivity contribution in [2.24, 2.45) is 5.92 Å². The fourth-order valence-corrected chi connectivity index (χ4v) is 4.51. The second-order valence-electron chi connectivity index (χ2n) is 6.67. The van der Waals surface area contributed by atoms with Gasteiger partial charge in [0.2, 0.25) is 0 Å². The van der Waals surface area contributed by atoms with Crippen LogP contribution < -0.4 is 9.64 Å². The van der Waals surface area contributed by atoms with E-state index in [0.29, 0.717) is 6.54 Å². The number of para-hydroxylation sites is 1. The van der Waals surface area contributed by atoms with E-state index in [-0.39, 0.29) is 12.0 Å². The zero-order valence-corrected chi connectivity index (χ0v) is 13.2. The summed E-state index contributed by atoms with van der Waals surface area (Å²) in [6.07, 6.45) is 5.01. The van der Waals surface area contributed by atoms with Gasteiger partial charge in [0.25, 0.3) is 0 Å². The number of hydrogen-bond acceptors (Lipinski definition) is 3. The van der Waals surface area contributed by atoms with E-state index in [4.69, 9.17) is 4.74 Å². The topological polar surface area (TPSA) is 57.7 Å². The first-order chi connectivity index (χ1) is 10.7. The minimum atomic E-state index is -0.567. The average Bonchev–Trinajstić information content (AvgIpc) is 2.55. The molecule has 1 aromatic carbocycles. The van der Waals surface area contributed by atoms with Crippen LogP contribution in [0.3, 0.4) is 0 Å². The maximum atomic E-state index is 11.1. The Balaban J connectivity index is 2.03. The number of rotatable bonds is 3. The van der Waals surface area contributed by atoms with Crippen LogP contribution in [0.4, 0.5) is 0 Å². The van der Waals surface area contributed by atoms with Crippen molar-refractivity contribution in [2.75, 3.05) is 20.2 Å². The van der Waals surface area contributed by atoms with Crippen LogP contribution >= 0.6 is 0 Å². The van der Waals surface area contributed by atoms with Gasteiger partial charge in [-0.25, -0.2) is 0 Å². The molecular formula is C18H25N2O2+. The number of benzene rings is 1. The van der Waals surface area contributed by atoms with E-state index >= 15 is 0 Å². The number of aliphatic hydroxyl groups is 1. The summed E-state index contributed by atoms with van der Waals surface area (Å²) >= 11 is 0. The summed E-state index contributed by atoms with van der Waals surface area (Å²) in [7, 11) is 1.69. The van der Waals surface area contributed by atoms with E-state index in [9.17, 15) is 10.4 Å². The summed E-state index contributed by atoms with van der Waals surface area (Å²) in [6.45, 7) is 1.33. The molecule has 118 valence electrons. The number of nitrogens with zero attached hydrogens (tertiary/aromatic N) is 1. The van der Waals surface area contributed by atoms with E-state index < -0.39 is 5.60 Å². The Morgan fingerprint density at radius 1 is 1.36 bits per heavy atom. The lowest BCUT2D eigenvalue weighted by Crippen LogP contribution is -3.15. The van der Waals surface area contributed by atoms with Crippen molar-refractivity contribution >= 4 is 0 Å². The third kappa shape index (κ3) is 2.60. The van der Waals surface area contributed by atoms with E-state index in [1.807, 2.05) is 18.2 Å². The smallest absolute Gasteiger partial charge is 0.165 e. The molecule has 4 heteroatoms. The molecule has 22 heavy (non-hydrogen) atoms. The number of fused-ring (bicyclic) bond motifs is 1. The standard InChI is InChI=1S/C18H24N2O2/c1-22-16-8-3-2-6-14(16)17-15-7-4-5-9-18(15,21)10-12-20(17)13-11-19/h2-3,6,8,15,17,21H,4-5,7,9-10,12-13H2,1H3/p+1/t15-,17-,18-/m0/s1. The largest absolute Gasteiger partial charge is 0.496 e. The van der Waals surface area contributed by atoms with E-state index in [2.05, 4.69) is 12.1 Å². The number of nitriles is 1. The van der Waals surface area contributed by atoms with E-state index in [1.54, 1.807) is 7.11 Å². The van der Waals surface area contributed by atoms with Gasteiger partial charge in [0.05, 0.1) is 24.8 Å². The second kappa shape index (κ2) is 6.28. The first-order valence-electron chi connectivity index (χ1n) is 8.26. The highest BCUT2D eigenvalue weighted by atomic mass is 16.5. The van der Waals surface area contributed by atoms with Crippen LogP contribution in [-0.4, -0.2) is 30.9 Å². The molecule has 1 heterocycles. The molecule has 4 nitrogen and oxygen atoms in total. The maximum Gasteiger partial charge on any atom is 0.165 e. The van der Waals surface area contributed by atoms with Crippen molar-refractivity contribution in [1.82, 2.24) is 0 Å². The molecule has 0 aromatic heterocycles. The van der Waals surface area contributed by atoms with Gasteiger partial charge in [-0.15, -0.1) is 0 Å². The van der Waals surface area contributed by atoms with Gasteiger partial charge in [0.15, 0.2) is 6.54 Å². The van der Waals surface area contributed by atoms with Gasteiger partial charge in [-0.1, -0.05) is 25.0 Å². The molecule has 4 atom stereocenters. The Hall–Kier alpha value is -1.57. The molecule has 0 amide bonds. The van der Waals surface area contributed by atoms with Crippen molar-refractivity contribution in [2.45, 2.75) is 43.7 Å². The van der Waals surface area contributed by atoms with Gasteiger partial charge in [0.1, 0.15) is 17.9 Å². The van der Waals surface area contributed by atoms with Gasteiger partial charge in [-0.2, -0.15) is 5.26 Å². The number of hydrogen-bond donors (Lipinski definition) is 2. The number of piperidine rings is 1. The first-order valence-corrected chi connectivity index (χ1v) is 8.26. The molecule has 1 aliphatic carbocycles. The Morgan fingerprint density at radius 3 is 2.95 bits per heavy atom. The molecule has 1 aromatic rings. The highest BCUT2D eigenvalue weighted by Gasteiger charge is 2.52. The Morgan fingerprint density at radius 2 is 2.18 bits per heavy atom. The predicted octanol–water partition coefficient (Wildman–Crippen LogP) is 1.47. The van der Waals surface area contributed by atoms with Crippen molar-refractivity contribution in [3.63, 3.8) is 0 Å². The van der Waals surface area contributed by atoms with Gasteiger partial charge in [-0.3, -0.25) is 0 Å². The molecule has 2 fully saturated rings. The fraction of sp³-hybridized carbons (Fsp3) is 0.611. The average molecular weight is 301 g/mol. The molecule has 2 N–H and O–H groups in total. The van der Waals surface area contributed by atoms with Gasteiger partial charge in [-0.05, 0) is 25.0 Å². The van der Waals surface area contributed by atoms with E-state index in [1.165, 1.54) is 11.3 Å². The van der Waals surface area contributed by atoms with Crippen LogP contribution in [0, 0.1) is 17.2 Å². The highest BCUT2D eigenvalue weighted by Crippen LogP contribution is 2.45. The highest BCUT2D eigenvalue weighted by molar-refractivity contribution is 5.36. The van der Waals surface area contributed by atoms with E-state index in [0.717, 1.165) is 43.5 Å². The third-order valence-corrected chi connectivity index (χ3v) is 5.57. The summed E-state index contributed by atoms with van der Waals surface area (Å²) in [5.41, 5.74) is 0.572. The number of likely N-dealkylation sites (tertiary alicyclic amines) is 1. The summed E-state index contributed by atoms with van der Waals surface area (Å²) in [4.78, 5) is 1.27. The Kier molecular flexibility index (Phi) is 4.37. The molecule has 1 saturated heterocycles. The minimum absolute atomic E-state index is 0.148.